The van der Waals surface area contributed by atoms with E-state index in [1.807, 2.05) is 0 Å². The van der Waals surface area contributed by atoms with Crippen molar-refractivity contribution in [1.82, 2.24) is 4.90 Å². The van der Waals surface area contributed by atoms with Crippen LogP contribution >= 0.6 is 0 Å². The number of nitrogens with zero attached hydrogens (tertiary/aromatic N) is 1. The number of imide groups is 1. The molecule has 28 heavy (non-hydrogen) atoms. The van der Waals surface area contributed by atoms with E-state index in [0.29, 0.717) is 35.8 Å². The number of carbonyl (C=O) groups is 3. The molecular weight excluding hydrogens is 362 g/mol. The van der Waals surface area contributed by atoms with Gasteiger partial charge in [0, 0.05) is 6.08 Å². The van der Waals surface area contributed by atoms with Gasteiger partial charge in [0.1, 0.15) is 19.8 Å². The molecule has 2 aliphatic heterocycles. The Kier molecular flexibility index (Phi) is 4.80. The molecule has 2 heterocycles. The van der Waals surface area contributed by atoms with E-state index in [4.69, 9.17) is 14.2 Å². The molecule has 2 aliphatic rings. The highest BCUT2D eigenvalue weighted by Gasteiger charge is 2.34. The second kappa shape index (κ2) is 7.56. The van der Waals surface area contributed by atoms with E-state index >= 15 is 0 Å². The molecule has 2 amide bonds. The maximum absolute atomic E-state index is 12.2. The number of hydrogen-bond acceptors (Lipinski definition) is 6. The average Bonchev–Trinajstić information content (AvgIpc) is 2.97. The van der Waals surface area contributed by atoms with Crippen LogP contribution in [0.15, 0.2) is 48.5 Å². The van der Waals surface area contributed by atoms with Crippen LogP contribution in [0.3, 0.4) is 0 Å². The van der Waals surface area contributed by atoms with Gasteiger partial charge in [0.25, 0.3) is 11.8 Å². The molecule has 2 aromatic carbocycles. The summed E-state index contributed by atoms with van der Waals surface area (Å²) in [5.41, 5.74) is 1.51. The first-order valence-electron chi connectivity index (χ1n) is 8.83. The molecule has 0 aliphatic carbocycles. The van der Waals surface area contributed by atoms with Crippen molar-refractivity contribution >= 4 is 23.9 Å². The fourth-order valence-electron chi connectivity index (χ4n) is 3.06. The quantitative estimate of drug-likeness (QED) is 0.450. The molecule has 7 nitrogen and oxygen atoms in total. The Morgan fingerprint density at radius 3 is 2.39 bits per heavy atom. The zero-order valence-electron chi connectivity index (χ0n) is 14.9. The number of fused-ring (bicyclic) bond motifs is 2. The maximum atomic E-state index is 12.2. The van der Waals surface area contributed by atoms with E-state index in [0.717, 1.165) is 10.5 Å². The van der Waals surface area contributed by atoms with Crippen molar-refractivity contribution in [2.45, 2.75) is 0 Å². The van der Waals surface area contributed by atoms with Crippen LogP contribution in [0.4, 0.5) is 0 Å². The van der Waals surface area contributed by atoms with Gasteiger partial charge < -0.3 is 14.2 Å². The Bertz CT molecular complexity index is 946. The minimum absolute atomic E-state index is 0.00987. The zero-order valence-corrected chi connectivity index (χ0v) is 14.9. The van der Waals surface area contributed by atoms with Crippen LogP contribution in [0, 0.1) is 0 Å². The second-order valence-corrected chi connectivity index (χ2v) is 6.21. The summed E-state index contributed by atoms with van der Waals surface area (Å²) in [6, 6.07) is 12.0. The molecule has 0 saturated carbocycles. The Morgan fingerprint density at radius 1 is 1.00 bits per heavy atom. The van der Waals surface area contributed by atoms with Crippen LogP contribution in [-0.4, -0.2) is 49.0 Å². The van der Waals surface area contributed by atoms with Gasteiger partial charge in [0.05, 0.1) is 17.7 Å². The minimum Gasteiger partial charge on any atom is -0.486 e. The van der Waals surface area contributed by atoms with Gasteiger partial charge in [-0.15, -0.1) is 0 Å². The van der Waals surface area contributed by atoms with Gasteiger partial charge in [0.15, 0.2) is 11.5 Å². The number of esters is 1. The van der Waals surface area contributed by atoms with Gasteiger partial charge in [0.2, 0.25) is 0 Å². The molecule has 7 heteroatoms. The summed E-state index contributed by atoms with van der Waals surface area (Å²) in [6.45, 7) is 0.938. The summed E-state index contributed by atoms with van der Waals surface area (Å²) in [6.07, 6.45) is 2.89. The number of rotatable bonds is 5. The van der Waals surface area contributed by atoms with Crippen LogP contribution in [0.2, 0.25) is 0 Å². The molecule has 142 valence electrons. The van der Waals surface area contributed by atoms with Crippen LogP contribution in [0.1, 0.15) is 26.3 Å². The molecule has 0 bridgehead atoms. The molecule has 0 N–H and O–H groups in total. The fraction of sp³-hybridized carbons (Fsp3) is 0.190. The molecule has 4 rings (SSSR count). The van der Waals surface area contributed by atoms with Gasteiger partial charge in [-0.3, -0.25) is 14.5 Å². The lowest BCUT2D eigenvalue weighted by Crippen LogP contribution is -2.33. The molecule has 0 aromatic heterocycles. The van der Waals surface area contributed by atoms with Crippen molar-refractivity contribution < 1.29 is 28.6 Å². The molecule has 0 fully saturated rings. The number of benzene rings is 2. The third kappa shape index (κ3) is 3.46. The Hall–Kier alpha value is -3.61. The van der Waals surface area contributed by atoms with Gasteiger partial charge >= 0.3 is 5.97 Å². The first-order chi connectivity index (χ1) is 13.6. The smallest absolute Gasteiger partial charge is 0.330 e. The third-order valence-corrected chi connectivity index (χ3v) is 4.42. The molecule has 2 aromatic rings. The summed E-state index contributed by atoms with van der Waals surface area (Å²) in [5.74, 6) is -0.00208. The van der Waals surface area contributed by atoms with Crippen molar-refractivity contribution in [1.29, 1.82) is 0 Å². The lowest BCUT2D eigenvalue weighted by atomic mass is 10.1. The normalized spacial score (nSPS) is 15.1. The molecule has 0 spiro atoms. The van der Waals surface area contributed by atoms with Gasteiger partial charge in [-0.2, -0.15) is 0 Å². The standard InChI is InChI=1S/C21H17NO6/c23-19(8-6-14-5-7-17-18(13-14)27-12-11-26-17)28-10-9-22-20(24)15-3-1-2-4-16(15)21(22)25/h1-8,13H,9-12H2/b8-6+. The Morgan fingerprint density at radius 2 is 1.68 bits per heavy atom. The molecule has 0 atom stereocenters. The topological polar surface area (TPSA) is 82.1 Å². The monoisotopic (exact) mass is 379 g/mol. The highest BCUT2D eigenvalue weighted by molar-refractivity contribution is 6.21. The predicted octanol–water partition coefficient (Wildman–Crippen LogP) is 2.31. The maximum Gasteiger partial charge on any atom is 0.330 e. The van der Waals surface area contributed by atoms with Crippen LogP contribution in [0.25, 0.3) is 6.08 Å². The summed E-state index contributed by atoms with van der Waals surface area (Å²) < 4.78 is 16.0. The van der Waals surface area contributed by atoms with Crippen molar-refractivity contribution in [3.05, 3.63) is 65.2 Å². The largest absolute Gasteiger partial charge is 0.486 e. The summed E-state index contributed by atoms with van der Waals surface area (Å²) in [7, 11) is 0. The van der Waals surface area contributed by atoms with E-state index < -0.39 is 5.97 Å². The first kappa shape index (κ1) is 17.8. The van der Waals surface area contributed by atoms with Crippen molar-refractivity contribution in [2.24, 2.45) is 0 Å². The summed E-state index contributed by atoms with van der Waals surface area (Å²) in [5, 5.41) is 0. The van der Waals surface area contributed by atoms with Crippen LogP contribution < -0.4 is 9.47 Å². The molecular formula is C21H17NO6. The van der Waals surface area contributed by atoms with E-state index in [1.54, 1.807) is 48.5 Å². The van der Waals surface area contributed by atoms with E-state index in [9.17, 15) is 14.4 Å². The van der Waals surface area contributed by atoms with Gasteiger partial charge in [-0.1, -0.05) is 18.2 Å². The summed E-state index contributed by atoms with van der Waals surface area (Å²) >= 11 is 0. The zero-order chi connectivity index (χ0) is 19.5. The number of ether oxygens (including phenoxy) is 3. The van der Waals surface area contributed by atoms with E-state index in [-0.39, 0.29) is 25.0 Å². The molecule has 0 unspecified atom stereocenters. The van der Waals surface area contributed by atoms with E-state index in [1.165, 1.54) is 6.08 Å². The number of amides is 2. The summed E-state index contributed by atoms with van der Waals surface area (Å²) in [4.78, 5) is 37.5. The second-order valence-electron chi connectivity index (χ2n) is 6.21. The van der Waals surface area contributed by atoms with Gasteiger partial charge in [-0.05, 0) is 35.9 Å². The van der Waals surface area contributed by atoms with Crippen molar-refractivity contribution in [2.75, 3.05) is 26.4 Å². The van der Waals surface area contributed by atoms with Crippen LogP contribution in [0.5, 0.6) is 11.5 Å². The highest BCUT2D eigenvalue weighted by Crippen LogP contribution is 2.31. The lowest BCUT2D eigenvalue weighted by Gasteiger charge is -2.18. The fourth-order valence-corrected chi connectivity index (χ4v) is 3.06. The lowest BCUT2D eigenvalue weighted by molar-refractivity contribution is -0.137. The Labute approximate surface area is 161 Å². The molecule has 0 saturated heterocycles. The predicted molar refractivity (Wildman–Crippen MR) is 99.2 cm³/mol. The number of carbonyl (C=O) groups excluding carboxylic acids is 3. The minimum atomic E-state index is -0.563. The average molecular weight is 379 g/mol. The molecule has 0 radical (unpaired) electrons. The van der Waals surface area contributed by atoms with Gasteiger partial charge in [-0.25, -0.2) is 4.79 Å². The first-order valence-corrected chi connectivity index (χ1v) is 8.83. The highest BCUT2D eigenvalue weighted by atomic mass is 16.6. The van der Waals surface area contributed by atoms with E-state index in [2.05, 4.69) is 0 Å². The SMILES string of the molecule is O=C(/C=C/c1ccc2c(c1)OCCO2)OCCN1C(=O)c2ccccc2C1=O. The van der Waals surface area contributed by atoms with Crippen LogP contribution in [-0.2, 0) is 9.53 Å². The third-order valence-electron chi connectivity index (χ3n) is 4.42. The van der Waals surface area contributed by atoms with Crippen molar-refractivity contribution in [3.63, 3.8) is 0 Å². The van der Waals surface area contributed by atoms with Crippen molar-refractivity contribution in [3.8, 4) is 11.5 Å². The Balaban J connectivity index is 1.30. The number of hydrogen-bond donors (Lipinski definition) is 0.